The Hall–Kier alpha value is -4.28. The van der Waals surface area contributed by atoms with Crippen LogP contribution in [-0.2, 0) is 12.6 Å². The summed E-state index contributed by atoms with van der Waals surface area (Å²) < 4.78 is 61.3. The molecule has 1 amide bonds. The number of anilines is 1. The van der Waals surface area contributed by atoms with E-state index in [1.165, 1.54) is 42.6 Å². The molecule has 2 unspecified atom stereocenters. The van der Waals surface area contributed by atoms with E-state index in [1.807, 2.05) is 0 Å². The molecule has 2 heterocycles. The van der Waals surface area contributed by atoms with Gasteiger partial charge in [0.25, 0.3) is 5.91 Å². The summed E-state index contributed by atoms with van der Waals surface area (Å²) in [5.41, 5.74) is 0.0677. The smallest absolute Gasteiger partial charge is 0.417 e. The minimum atomic E-state index is -4.61. The van der Waals surface area contributed by atoms with Crippen LogP contribution in [0.1, 0.15) is 80.4 Å². The highest BCUT2D eigenvalue weighted by atomic mass is 19.4. The van der Waals surface area contributed by atoms with Crippen LogP contribution in [0, 0.1) is 17.7 Å². The zero-order valence-electron chi connectivity index (χ0n) is 25.0. The maximum Gasteiger partial charge on any atom is 0.417 e. The quantitative estimate of drug-likeness (QED) is 0.140. The normalized spacial score (nSPS) is 13.0. The molecule has 0 bridgehead atoms. The summed E-state index contributed by atoms with van der Waals surface area (Å²) >= 11 is 0. The Morgan fingerprint density at radius 3 is 2.50 bits per heavy atom. The summed E-state index contributed by atoms with van der Waals surface area (Å²) in [6.45, 7) is 6.92. The van der Waals surface area contributed by atoms with Gasteiger partial charge in [-0.25, -0.2) is 14.4 Å². The van der Waals surface area contributed by atoms with E-state index in [9.17, 15) is 22.4 Å². The van der Waals surface area contributed by atoms with Crippen molar-refractivity contribution in [2.45, 2.75) is 65.5 Å². The molecular formula is C33H37F4N5O2. The number of rotatable bonds is 14. The Morgan fingerprint density at radius 2 is 1.80 bits per heavy atom. The van der Waals surface area contributed by atoms with Gasteiger partial charge in [0.2, 0.25) is 5.82 Å². The van der Waals surface area contributed by atoms with E-state index in [-0.39, 0.29) is 28.6 Å². The highest BCUT2D eigenvalue weighted by Crippen LogP contribution is 2.39. The maximum atomic E-state index is 14.0. The molecule has 44 heavy (non-hydrogen) atoms. The Bertz CT molecular complexity index is 1520. The van der Waals surface area contributed by atoms with Crippen molar-refractivity contribution in [1.82, 2.24) is 20.2 Å². The number of benzene rings is 2. The molecule has 2 aromatic heterocycles. The fourth-order valence-electron chi connectivity index (χ4n) is 4.87. The molecule has 0 aliphatic heterocycles. The van der Waals surface area contributed by atoms with Gasteiger partial charge in [0, 0.05) is 12.6 Å². The predicted molar refractivity (Wildman–Crippen MR) is 161 cm³/mol. The number of hydrogen-bond acceptors (Lipinski definition) is 5. The first kappa shape index (κ1) is 32.6. The lowest BCUT2D eigenvalue weighted by Gasteiger charge is -2.20. The van der Waals surface area contributed by atoms with E-state index in [1.54, 1.807) is 12.1 Å². The zero-order chi connectivity index (χ0) is 31.7. The fraction of sp³-hybridized carbons (Fsp3) is 0.394. The largest absolute Gasteiger partial charge is 0.493 e. The first-order chi connectivity index (χ1) is 21.0. The minimum Gasteiger partial charge on any atom is -0.493 e. The number of aromatic amines is 1. The third kappa shape index (κ3) is 9.11. The molecule has 0 fully saturated rings. The van der Waals surface area contributed by atoms with E-state index in [0.29, 0.717) is 36.4 Å². The molecular weight excluding hydrogens is 574 g/mol. The summed E-state index contributed by atoms with van der Waals surface area (Å²) in [4.78, 5) is 21.1. The average molecular weight is 612 g/mol. The number of amides is 1. The molecule has 11 heteroatoms. The SMILES string of the molecule is CCCC(CCC(C)CC)COc1ccc(C(F)(F)F)c(-c2ccnc(NC(=O)c3n[nH]c(Cc4ccc(F)cc4)n3)c2)c1. The van der Waals surface area contributed by atoms with Crippen LogP contribution in [0.2, 0.25) is 0 Å². The van der Waals surface area contributed by atoms with E-state index >= 15 is 0 Å². The molecule has 7 nitrogen and oxygen atoms in total. The van der Waals surface area contributed by atoms with Crippen molar-refractivity contribution < 1.29 is 27.1 Å². The van der Waals surface area contributed by atoms with Gasteiger partial charge in [-0.15, -0.1) is 5.10 Å². The van der Waals surface area contributed by atoms with Gasteiger partial charge in [0.15, 0.2) is 0 Å². The number of nitrogens with one attached hydrogen (secondary N) is 2. The molecule has 2 aromatic carbocycles. The molecule has 4 aromatic rings. The second-order valence-electron chi connectivity index (χ2n) is 11.1. The van der Waals surface area contributed by atoms with Crippen LogP contribution in [0.5, 0.6) is 5.75 Å². The summed E-state index contributed by atoms with van der Waals surface area (Å²) in [5, 5.41) is 9.15. The second-order valence-corrected chi connectivity index (χ2v) is 11.1. The van der Waals surface area contributed by atoms with Crippen LogP contribution in [0.4, 0.5) is 23.4 Å². The molecule has 234 valence electrons. The van der Waals surface area contributed by atoms with Crippen molar-refractivity contribution >= 4 is 11.7 Å². The number of carbonyl (C=O) groups excluding carboxylic acids is 1. The van der Waals surface area contributed by atoms with Crippen LogP contribution in [-0.4, -0.2) is 32.7 Å². The molecule has 0 radical (unpaired) electrons. The van der Waals surface area contributed by atoms with Gasteiger partial charge < -0.3 is 10.1 Å². The monoisotopic (exact) mass is 611 g/mol. The molecule has 2 N–H and O–H groups in total. The van der Waals surface area contributed by atoms with Crippen molar-refractivity contribution in [3.63, 3.8) is 0 Å². The molecule has 0 spiro atoms. The van der Waals surface area contributed by atoms with Gasteiger partial charge in [-0.3, -0.25) is 9.89 Å². The third-order valence-electron chi connectivity index (χ3n) is 7.58. The fourth-order valence-corrected chi connectivity index (χ4v) is 4.87. The number of aromatic nitrogens is 4. The highest BCUT2D eigenvalue weighted by molar-refractivity contribution is 6.01. The van der Waals surface area contributed by atoms with Crippen LogP contribution in [0.15, 0.2) is 60.8 Å². The lowest BCUT2D eigenvalue weighted by Crippen LogP contribution is -2.15. The van der Waals surface area contributed by atoms with Crippen molar-refractivity contribution in [2.24, 2.45) is 11.8 Å². The Labute approximate surface area is 254 Å². The number of carbonyl (C=O) groups is 1. The Morgan fingerprint density at radius 1 is 1.02 bits per heavy atom. The number of nitrogens with zero attached hydrogens (tertiary/aromatic N) is 3. The van der Waals surface area contributed by atoms with Crippen molar-refractivity contribution in [3.05, 3.63) is 89.4 Å². The van der Waals surface area contributed by atoms with Crippen LogP contribution in [0.25, 0.3) is 11.1 Å². The number of ether oxygens (including phenoxy) is 1. The summed E-state index contributed by atoms with van der Waals surface area (Å²) in [6, 6.07) is 12.4. The predicted octanol–water partition coefficient (Wildman–Crippen LogP) is 8.49. The molecule has 2 atom stereocenters. The van der Waals surface area contributed by atoms with Gasteiger partial charge in [-0.1, -0.05) is 52.2 Å². The summed E-state index contributed by atoms with van der Waals surface area (Å²) in [6.07, 6.45) is 2.18. The summed E-state index contributed by atoms with van der Waals surface area (Å²) in [7, 11) is 0. The molecule has 0 saturated heterocycles. The maximum absolute atomic E-state index is 14.0. The molecule has 0 aliphatic rings. The standard InChI is InChI=1S/C33H37F4N5O2/c1-4-6-23(8-7-21(3)5-2)20-44-26-13-14-28(33(35,36)37)27(19-26)24-15-16-38-29(18-24)40-32(43)31-39-30(41-42-31)17-22-9-11-25(34)12-10-22/h9-16,18-19,21,23H,4-8,17,20H2,1-3H3,(H,38,40,43)(H,39,41,42). The number of alkyl halides is 3. The number of halogens is 4. The Kier molecular flexibility index (Phi) is 11.1. The average Bonchev–Trinajstić information content (AvgIpc) is 3.47. The van der Waals surface area contributed by atoms with Gasteiger partial charge >= 0.3 is 6.18 Å². The molecule has 0 aliphatic carbocycles. The lowest BCUT2D eigenvalue weighted by molar-refractivity contribution is -0.137. The topological polar surface area (TPSA) is 92.8 Å². The Balaban J connectivity index is 1.50. The second kappa shape index (κ2) is 14.9. The minimum absolute atomic E-state index is 0.0323. The van der Waals surface area contributed by atoms with Crippen molar-refractivity contribution in [3.8, 4) is 16.9 Å². The van der Waals surface area contributed by atoms with Crippen molar-refractivity contribution in [1.29, 1.82) is 0 Å². The number of pyridine rings is 1. The number of H-pyrrole nitrogens is 1. The van der Waals surface area contributed by atoms with Gasteiger partial charge in [-0.05, 0) is 83.8 Å². The van der Waals surface area contributed by atoms with E-state index in [4.69, 9.17) is 4.74 Å². The number of hydrogen-bond donors (Lipinski definition) is 2. The molecule has 4 rings (SSSR count). The van der Waals surface area contributed by atoms with E-state index in [0.717, 1.165) is 43.7 Å². The highest BCUT2D eigenvalue weighted by Gasteiger charge is 2.34. The lowest BCUT2D eigenvalue weighted by atomic mass is 9.93. The van der Waals surface area contributed by atoms with E-state index in [2.05, 4.69) is 46.3 Å². The summed E-state index contributed by atoms with van der Waals surface area (Å²) in [5.74, 6) is 0.459. The molecule has 0 saturated carbocycles. The first-order valence-electron chi connectivity index (χ1n) is 14.8. The van der Waals surface area contributed by atoms with Crippen molar-refractivity contribution in [2.75, 3.05) is 11.9 Å². The first-order valence-corrected chi connectivity index (χ1v) is 14.8. The van der Waals surface area contributed by atoms with Gasteiger partial charge in [0.05, 0.1) is 12.2 Å². The third-order valence-corrected chi connectivity index (χ3v) is 7.58. The van der Waals surface area contributed by atoms with Crippen LogP contribution in [0.3, 0.4) is 0 Å². The zero-order valence-corrected chi connectivity index (χ0v) is 25.0. The van der Waals surface area contributed by atoms with Crippen LogP contribution < -0.4 is 10.1 Å². The van der Waals surface area contributed by atoms with Crippen LogP contribution >= 0.6 is 0 Å². The van der Waals surface area contributed by atoms with Gasteiger partial charge in [-0.2, -0.15) is 13.2 Å². The van der Waals surface area contributed by atoms with Gasteiger partial charge in [0.1, 0.15) is 23.2 Å². The van der Waals surface area contributed by atoms with E-state index < -0.39 is 17.6 Å².